The molecule has 1 atom stereocenters. The minimum Gasteiger partial charge on any atom is -0.349 e. The van der Waals surface area contributed by atoms with Gasteiger partial charge in [0, 0.05) is 11.6 Å². The van der Waals surface area contributed by atoms with E-state index in [1.54, 1.807) is 6.07 Å². The molecule has 0 radical (unpaired) electrons. The fraction of sp³-hybridized carbons (Fsp3) is 0.250. The van der Waals surface area contributed by atoms with E-state index in [-0.39, 0.29) is 23.4 Å². The van der Waals surface area contributed by atoms with Crippen molar-refractivity contribution >= 4 is 28.4 Å². The van der Waals surface area contributed by atoms with E-state index in [2.05, 4.69) is 20.6 Å². The first-order valence-corrected chi connectivity index (χ1v) is 8.76. The molecule has 1 aliphatic rings. The zero-order chi connectivity index (χ0) is 18.1. The Kier molecular flexibility index (Phi) is 4.16. The lowest BCUT2D eigenvalue weighted by molar-refractivity contribution is -0.117. The number of nitrogens with zero attached hydrogens (tertiary/aromatic N) is 1. The molecule has 0 aliphatic heterocycles. The largest absolute Gasteiger partial charge is 0.349 e. The van der Waals surface area contributed by atoms with Gasteiger partial charge in [-0.25, -0.2) is 4.98 Å². The van der Waals surface area contributed by atoms with Crippen LogP contribution in [0.15, 0.2) is 53.3 Å². The Morgan fingerprint density at radius 3 is 2.62 bits per heavy atom. The van der Waals surface area contributed by atoms with Gasteiger partial charge in [-0.15, -0.1) is 0 Å². The normalized spacial score (nSPS) is 14.8. The van der Waals surface area contributed by atoms with E-state index < -0.39 is 0 Å². The number of aromatic nitrogens is 2. The smallest absolute Gasteiger partial charge is 0.260 e. The summed E-state index contributed by atoms with van der Waals surface area (Å²) in [5, 5.41) is 6.72. The number of nitrogens with one attached hydrogen (secondary N) is 3. The molecule has 3 N–H and O–H groups in total. The van der Waals surface area contributed by atoms with Gasteiger partial charge in [0.25, 0.3) is 5.56 Å². The topological polar surface area (TPSA) is 86.9 Å². The molecule has 0 saturated heterocycles. The SMILES string of the molecule is C[C@@H](Nc1nc2ccccc2c(=O)[nH]1)c1ccc(NC(=O)C2CC2)cc1. The molecule has 1 aromatic heterocycles. The highest BCUT2D eigenvalue weighted by Gasteiger charge is 2.29. The predicted molar refractivity (Wildman–Crippen MR) is 102 cm³/mol. The number of rotatable bonds is 5. The minimum absolute atomic E-state index is 0.0486. The maximum Gasteiger partial charge on any atom is 0.260 e. The Balaban J connectivity index is 1.48. The number of aromatic amines is 1. The van der Waals surface area contributed by atoms with Crippen molar-refractivity contribution < 1.29 is 4.79 Å². The van der Waals surface area contributed by atoms with E-state index in [1.165, 1.54) is 0 Å². The molecule has 132 valence electrons. The number of hydrogen-bond donors (Lipinski definition) is 3. The summed E-state index contributed by atoms with van der Waals surface area (Å²) in [6.45, 7) is 1.99. The number of carbonyl (C=O) groups excluding carboxylic acids is 1. The van der Waals surface area contributed by atoms with Gasteiger partial charge in [-0.3, -0.25) is 14.6 Å². The lowest BCUT2D eigenvalue weighted by atomic mass is 10.1. The molecular formula is C20H20N4O2. The van der Waals surface area contributed by atoms with Crippen molar-refractivity contribution in [1.29, 1.82) is 0 Å². The number of amides is 1. The van der Waals surface area contributed by atoms with E-state index in [1.807, 2.05) is 49.4 Å². The van der Waals surface area contributed by atoms with Crippen molar-refractivity contribution in [2.75, 3.05) is 10.6 Å². The average Bonchev–Trinajstić information content (AvgIpc) is 3.47. The third kappa shape index (κ3) is 3.44. The van der Waals surface area contributed by atoms with Gasteiger partial charge in [0.1, 0.15) is 0 Å². The van der Waals surface area contributed by atoms with Gasteiger partial charge in [0.05, 0.1) is 16.9 Å². The Morgan fingerprint density at radius 1 is 1.15 bits per heavy atom. The van der Waals surface area contributed by atoms with E-state index in [4.69, 9.17) is 0 Å². The second-order valence-electron chi connectivity index (χ2n) is 6.68. The van der Waals surface area contributed by atoms with Crippen LogP contribution in [0.25, 0.3) is 10.9 Å². The molecule has 3 aromatic rings. The van der Waals surface area contributed by atoms with Crippen molar-refractivity contribution in [3.63, 3.8) is 0 Å². The molecular weight excluding hydrogens is 328 g/mol. The van der Waals surface area contributed by atoms with Gasteiger partial charge in [0.15, 0.2) is 0 Å². The Morgan fingerprint density at radius 2 is 1.88 bits per heavy atom. The zero-order valence-electron chi connectivity index (χ0n) is 14.5. The number of carbonyl (C=O) groups is 1. The Bertz CT molecular complexity index is 1010. The second kappa shape index (κ2) is 6.63. The van der Waals surface area contributed by atoms with Crippen molar-refractivity contribution in [3.05, 3.63) is 64.4 Å². The summed E-state index contributed by atoms with van der Waals surface area (Å²) in [4.78, 5) is 31.2. The summed E-state index contributed by atoms with van der Waals surface area (Å²) in [5.41, 5.74) is 2.33. The Hall–Kier alpha value is -3.15. The molecule has 26 heavy (non-hydrogen) atoms. The molecule has 1 aliphatic carbocycles. The Labute approximate surface area is 150 Å². The van der Waals surface area contributed by atoms with Gasteiger partial charge >= 0.3 is 0 Å². The van der Waals surface area contributed by atoms with E-state index in [0.717, 1.165) is 24.1 Å². The molecule has 0 unspecified atom stereocenters. The standard InChI is InChI=1S/C20H20N4O2/c1-12(13-8-10-15(11-9-13)22-18(25)14-6-7-14)21-20-23-17-5-3-2-4-16(17)19(26)24-20/h2-5,8-12,14H,6-7H2,1H3,(H,22,25)(H2,21,23,24,26)/t12-/m1/s1. The van der Waals surface area contributed by atoms with Crippen molar-refractivity contribution in [2.24, 2.45) is 5.92 Å². The fourth-order valence-corrected chi connectivity index (χ4v) is 2.89. The van der Waals surface area contributed by atoms with Crippen molar-refractivity contribution in [3.8, 4) is 0 Å². The van der Waals surface area contributed by atoms with Crippen LogP contribution in [0, 0.1) is 5.92 Å². The van der Waals surface area contributed by atoms with Crippen molar-refractivity contribution in [2.45, 2.75) is 25.8 Å². The summed E-state index contributed by atoms with van der Waals surface area (Å²) >= 11 is 0. The van der Waals surface area contributed by atoms with E-state index in [0.29, 0.717) is 16.9 Å². The first-order valence-electron chi connectivity index (χ1n) is 8.76. The van der Waals surface area contributed by atoms with Crippen LogP contribution >= 0.6 is 0 Å². The highest BCUT2D eigenvalue weighted by molar-refractivity contribution is 5.94. The third-order valence-corrected chi connectivity index (χ3v) is 4.59. The summed E-state index contributed by atoms with van der Waals surface area (Å²) < 4.78 is 0. The van der Waals surface area contributed by atoms with Crippen molar-refractivity contribution in [1.82, 2.24) is 9.97 Å². The van der Waals surface area contributed by atoms with Gasteiger partial charge in [0.2, 0.25) is 11.9 Å². The first kappa shape index (κ1) is 16.3. The van der Waals surface area contributed by atoms with Gasteiger partial charge < -0.3 is 10.6 Å². The van der Waals surface area contributed by atoms with Crippen LogP contribution in [-0.4, -0.2) is 15.9 Å². The maximum absolute atomic E-state index is 12.1. The summed E-state index contributed by atoms with van der Waals surface area (Å²) in [7, 11) is 0. The average molecular weight is 348 g/mol. The predicted octanol–water partition coefficient (Wildman–Crippen LogP) is 3.44. The van der Waals surface area contributed by atoms with Crippen LogP contribution in [0.4, 0.5) is 11.6 Å². The molecule has 1 fully saturated rings. The molecule has 0 bridgehead atoms. The monoisotopic (exact) mass is 348 g/mol. The van der Waals surface area contributed by atoms with Crippen LogP contribution in [0.2, 0.25) is 0 Å². The zero-order valence-corrected chi connectivity index (χ0v) is 14.5. The molecule has 0 spiro atoms. The molecule has 1 heterocycles. The quantitative estimate of drug-likeness (QED) is 0.659. The molecule has 6 nitrogen and oxygen atoms in total. The maximum atomic E-state index is 12.1. The highest BCUT2D eigenvalue weighted by Crippen LogP contribution is 2.30. The van der Waals surface area contributed by atoms with Gasteiger partial charge in [-0.2, -0.15) is 0 Å². The molecule has 2 aromatic carbocycles. The molecule has 1 amide bonds. The van der Waals surface area contributed by atoms with Gasteiger partial charge in [-0.1, -0.05) is 24.3 Å². The lowest BCUT2D eigenvalue weighted by Crippen LogP contribution is -2.16. The first-order chi connectivity index (χ1) is 12.6. The van der Waals surface area contributed by atoms with Crippen LogP contribution < -0.4 is 16.2 Å². The molecule has 6 heteroatoms. The summed E-state index contributed by atoms with van der Waals surface area (Å²) in [6, 6.07) is 14.9. The second-order valence-corrected chi connectivity index (χ2v) is 6.68. The van der Waals surface area contributed by atoms with Gasteiger partial charge in [-0.05, 0) is 49.6 Å². The highest BCUT2D eigenvalue weighted by atomic mass is 16.2. The lowest BCUT2D eigenvalue weighted by Gasteiger charge is -2.15. The van der Waals surface area contributed by atoms with E-state index >= 15 is 0 Å². The minimum atomic E-state index is -0.163. The number of benzene rings is 2. The van der Waals surface area contributed by atoms with Crippen LogP contribution in [0.5, 0.6) is 0 Å². The number of anilines is 2. The fourth-order valence-electron chi connectivity index (χ4n) is 2.89. The number of para-hydroxylation sites is 1. The number of fused-ring (bicyclic) bond motifs is 1. The van der Waals surface area contributed by atoms with Crippen LogP contribution in [0.3, 0.4) is 0 Å². The summed E-state index contributed by atoms with van der Waals surface area (Å²) in [6.07, 6.45) is 1.98. The number of H-pyrrole nitrogens is 1. The summed E-state index contributed by atoms with van der Waals surface area (Å²) in [5.74, 6) is 0.722. The molecule has 1 saturated carbocycles. The molecule has 4 rings (SSSR count). The third-order valence-electron chi connectivity index (χ3n) is 4.59. The van der Waals surface area contributed by atoms with Crippen LogP contribution in [-0.2, 0) is 4.79 Å². The van der Waals surface area contributed by atoms with Crippen LogP contribution in [0.1, 0.15) is 31.4 Å². The number of hydrogen-bond acceptors (Lipinski definition) is 4. The van der Waals surface area contributed by atoms with E-state index in [9.17, 15) is 9.59 Å².